The zero-order valence-electron chi connectivity index (χ0n) is 16.1. The lowest BCUT2D eigenvalue weighted by Gasteiger charge is -2.33. The molecule has 27 heavy (non-hydrogen) atoms. The third-order valence-electron chi connectivity index (χ3n) is 5.78. The highest BCUT2D eigenvalue weighted by atomic mass is 16.5. The van der Waals surface area contributed by atoms with Gasteiger partial charge in [-0.3, -0.25) is 9.89 Å². The van der Waals surface area contributed by atoms with E-state index in [9.17, 15) is 0 Å². The van der Waals surface area contributed by atoms with Crippen molar-refractivity contribution in [2.45, 2.75) is 37.8 Å². The molecule has 1 aromatic rings. The molecule has 0 amide bonds. The smallest absolute Gasteiger partial charge is 0.194 e. The predicted octanol–water partition coefficient (Wildman–Crippen LogP) is 1.35. The van der Waals surface area contributed by atoms with Crippen molar-refractivity contribution in [3.8, 4) is 0 Å². The third-order valence-corrected chi connectivity index (χ3v) is 5.78. The summed E-state index contributed by atoms with van der Waals surface area (Å²) in [6.45, 7) is 8.38. The first-order valence-electron chi connectivity index (χ1n) is 10.4. The summed E-state index contributed by atoms with van der Waals surface area (Å²) in [7, 11) is 0. The molecule has 4 rings (SSSR count). The second kappa shape index (κ2) is 9.57. The van der Waals surface area contributed by atoms with Crippen LogP contribution in [0.3, 0.4) is 0 Å². The van der Waals surface area contributed by atoms with Crippen molar-refractivity contribution in [1.29, 1.82) is 0 Å². The summed E-state index contributed by atoms with van der Waals surface area (Å²) >= 11 is 0. The molecule has 0 aliphatic carbocycles. The van der Waals surface area contributed by atoms with Crippen LogP contribution in [0.2, 0.25) is 0 Å². The van der Waals surface area contributed by atoms with E-state index in [1.807, 2.05) is 12.1 Å². The van der Waals surface area contributed by atoms with E-state index in [-0.39, 0.29) is 0 Å². The molecular weight excluding hydrogens is 344 g/mol. The van der Waals surface area contributed by atoms with Crippen molar-refractivity contribution in [3.63, 3.8) is 0 Å². The van der Waals surface area contributed by atoms with Gasteiger partial charge in [-0.2, -0.15) is 0 Å². The van der Waals surface area contributed by atoms with Gasteiger partial charge in [0.05, 0.1) is 19.5 Å². The number of rotatable bonds is 5. The molecule has 0 bridgehead atoms. The minimum Gasteiger partial charge on any atom is -0.469 e. The number of guanidine groups is 1. The number of ether oxygens (including phenoxy) is 2. The Morgan fingerprint density at radius 2 is 1.89 bits per heavy atom. The van der Waals surface area contributed by atoms with Gasteiger partial charge in [0.25, 0.3) is 0 Å². The molecule has 1 atom stereocenters. The molecule has 0 saturated carbocycles. The Balaban J connectivity index is 1.37. The van der Waals surface area contributed by atoms with E-state index < -0.39 is 0 Å². The van der Waals surface area contributed by atoms with Crippen LogP contribution in [-0.2, 0) is 15.9 Å². The van der Waals surface area contributed by atoms with E-state index in [4.69, 9.17) is 18.9 Å². The highest BCUT2D eigenvalue weighted by molar-refractivity contribution is 5.80. The van der Waals surface area contributed by atoms with Gasteiger partial charge in [-0.15, -0.1) is 0 Å². The standard InChI is InChI=1S/C20H32N4O3/c1-2-19(27-11-1)3-7-21-20(22-17-5-12-25-13-6-17)24-8-4-18(16-24)23-9-14-26-15-10-23/h1-2,11,17-18H,3-10,12-16H2,(H,21,22). The maximum absolute atomic E-state index is 5.51. The molecule has 1 aromatic heterocycles. The maximum Gasteiger partial charge on any atom is 0.194 e. The molecule has 0 radical (unpaired) electrons. The summed E-state index contributed by atoms with van der Waals surface area (Å²) in [4.78, 5) is 9.97. The first-order chi connectivity index (χ1) is 13.4. The van der Waals surface area contributed by atoms with Crippen molar-refractivity contribution in [2.75, 3.05) is 59.2 Å². The van der Waals surface area contributed by atoms with Crippen LogP contribution in [0, 0.1) is 0 Å². The largest absolute Gasteiger partial charge is 0.469 e. The minimum atomic E-state index is 0.462. The fourth-order valence-electron chi connectivity index (χ4n) is 4.16. The van der Waals surface area contributed by atoms with Gasteiger partial charge in [0.1, 0.15) is 5.76 Å². The van der Waals surface area contributed by atoms with E-state index >= 15 is 0 Å². The zero-order chi connectivity index (χ0) is 18.3. The minimum absolute atomic E-state index is 0.462. The van der Waals surface area contributed by atoms with Crippen LogP contribution in [0.1, 0.15) is 25.0 Å². The van der Waals surface area contributed by atoms with Crippen LogP contribution in [0.15, 0.2) is 27.8 Å². The van der Waals surface area contributed by atoms with E-state index in [0.717, 1.165) is 90.1 Å². The van der Waals surface area contributed by atoms with Gasteiger partial charge in [0.2, 0.25) is 0 Å². The Labute approximate surface area is 161 Å². The number of furan rings is 1. The van der Waals surface area contributed by atoms with E-state index in [2.05, 4.69) is 15.1 Å². The van der Waals surface area contributed by atoms with Gasteiger partial charge in [-0.25, -0.2) is 0 Å². The number of nitrogens with one attached hydrogen (secondary N) is 1. The molecule has 4 heterocycles. The topological polar surface area (TPSA) is 62.5 Å². The molecule has 1 N–H and O–H groups in total. The van der Waals surface area contributed by atoms with Crippen LogP contribution in [-0.4, -0.2) is 87.0 Å². The number of nitrogens with zero attached hydrogens (tertiary/aromatic N) is 3. The van der Waals surface area contributed by atoms with Gasteiger partial charge in [-0.1, -0.05) is 0 Å². The molecule has 7 heteroatoms. The predicted molar refractivity (Wildman–Crippen MR) is 104 cm³/mol. The molecule has 0 spiro atoms. The average molecular weight is 377 g/mol. The van der Waals surface area contributed by atoms with Crippen molar-refractivity contribution < 1.29 is 13.9 Å². The van der Waals surface area contributed by atoms with Crippen molar-refractivity contribution >= 4 is 5.96 Å². The highest BCUT2D eigenvalue weighted by Gasteiger charge is 2.31. The summed E-state index contributed by atoms with van der Waals surface area (Å²) < 4.78 is 16.5. The van der Waals surface area contributed by atoms with Gasteiger partial charge in [0.15, 0.2) is 5.96 Å². The number of hydrogen-bond donors (Lipinski definition) is 1. The molecule has 3 aliphatic heterocycles. The average Bonchev–Trinajstić information content (AvgIpc) is 3.41. The molecule has 3 fully saturated rings. The summed E-state index contributed by atoms with van der Waals surface area (Å²) in [6.07, 6.45) is 5.88. The number of morpholine rings is 1. The molecular formula is C20H32N4O3. The summed E-state index contributed by atoms with van der Waals surface area (Å²) in [6, 6.07) is 5.03. The Kier molecular flexibility index (Phi) is 6.66. The van der Waals surface area contributed by atoms with Gasteiger partial charge < -0.3 is 24.1 Å². The van der Waals surface area contributed by atoms with Crippen molar-refractivity contribution in [2.24, 2.45) is 4.99 Å². The molecule has 0 aromatic carbocycles. The zero-order valence-corrected chi connectivity index (χ0v) is 16.1. The maximum atomic E-state index is 5.51. The monoisotopic (exact) mass is 376 g/mol. The summed E-state index contributed by atoms with van der Waals surface area (Å²) in [5.41, 5.74) is 0. The van der Waals surface area contributed by atoms with Crippen molar-refractivity contribution in [3.05, 3.63) is 24.2 Å². The first-order valence-corrected chi connectivity index (χ1v) is 10.4. The summed E-state index contributed by atoms with van der Waals surface area (Å²) in [5.74, 6) is 2.06. The van der Waals surface area contributed by atoms with E-state index in [1.54, 1.807) is 6.26 Å². The molecule has 7 nitrogen and oxygen atoms in total. The highest BCUT2D eigenvalue weighted by Crippen LogP contribution is 2.18. The fraction of sp³-hybridized carbons (Fsp3) is 0.750. The third kappa shape index (κ3) is 5.24. The number of likely N-dealkylation sites (tertiary alicyclic amines) is 1. The quantitative estimate of drug-likeness (QED) is 0.618. The molecule has 3 aliphatic rings. The lowest BCUT2D eigenvalue weighted by Crippen LogP contribution is -2.49. The van der Waals surface area contributed by atoms with Gasteiger partial charge >= 0.3 is 0 Å². The van der Waals surface area contributed by atoms with Crippen LogP contribution in [0.5, 0.6) is 0 Å². The number of aliphatic imine (C=N–C) groups is 1. The van der Waals surface area contributed by atoms with Gasteiger partial charge in [0, 0.05) is 64.4 Å². The molecule has 150 valence electrons. The van der Waals surface area contributed by atoms with Crippen LogP contribution < -0.4 is 5.32 Å². The van der Waals surface area contributed by atoms with Gasteiger partial charge in [-0.05, 0) is 31.4 Å². The van der Waals surface area contributed by atoms with E-state index in [0.29, 0.717) is 12.1 Å². The fourth-order valence-corrected chi connectivity index (χ4v) is 4.16. The Morgan fingerprint density at radius 1 is 1.07 bits per heavy atom. The lowest BCUT2D eigenvalue weighted by molar-refractivity contribution is 0.0194. The van der Waals surface area contributed by atoms with Crippen molar-refractivity contribution in [1.82, 2.24) is 15.1 Å². The first kappa shape index (κ1) is 18.8. The van der Waals surface area contributed by atoms with Crippen LogP contribution in [0.25, 0.3) is 0 Å². The van der Waals surface area contributed by atoms with E-state index in [1.165, 1.54) is 6.42 Å². The normalized spacial score (nSPS) is 25.9. The van der Waals surface area contributed by atoms with Crippen LogP contribution in [0.4, 0.5) is 0 Å². The Morgan fingerprint density at radius 3 is 2.67 bits per heavy atom. The van der Waals surface area contributed by atoms with Crippen LogP contribution >= 0.6 is 0 Å². The lowest BCUT2D eigenvalue weighted by atomic mass is 10.1. The Hall–Kier alpha value is -1.57. The SMILES string of the molecule is c1coc(CCN=C(NC2CCOCC2)N2CCC(N3CCOCC3)C2)c1. The summed E-state index contributed by atoms with van der Waals surface area (Å²) in [5, 5.41) is 3.72. The molecule has 1 unspecified atom stereocenters. The Bertz CT molecular complexity index is 580. The number of hydrogen-bond acceptors (Lipinski definition) is 5. The molecule has 3 saturated heterocycles. The second-order valence-corrected chi connectivity index (χ2v) is 7.60. The second-order valence-electron chi connectivity index (χ2n) is 7.60.